The fourth-order valence-electron chi connectivity index (χ4n) is 2.89. The Morgan fingerprint density at radius 3 is 2.82 bits per heavy atom. The third kappa shape index (κ3) is 4.68. The predicted molar refractivity (Wildman–Crippen MR) is 89.4 cm³/mol. The summed E-state index contributed by atoms with van der Waals surface area (Å²) < 4.78 is 60.6. The maximum absolute atomic E-state index is 14.2. The van der Waals surface area contributed by atoms with Gasteiger partial charge in [0, 0.05) is 18.5 Å². The monoisotopic (exact) mass is 399 g/mol. The Balaban J connectivity index is 1.65. The Kier molecular flexibility index (Phi) is 5.66. The lowest BCUT2D eigenvalue weighted by Crippen LogP contribution is -2.31. The van der Waals surface area contributed by atoms with Gasteiger partial charge in [0.25, 0.3) is 11.8 Å². The molecule has 0 radical (unpaired) electrons. The van der Waals surface area contributed by atoms with Crippen molar-refractivity contribution in [3.63, 3.8) is 0 Å². The lowest BCUT2D eigenvalue weighted by Gasteiger charge is -2.18. The number of alkyl halides is 3. The maximum Gasteiger partial charge on any atom is 0.573 e. The number of hydrogen-bond donors (Lipinski definition) is 0. The number of aryl methyl sites for hydroxylation is 1. The van der Waals surface area contributed by atoms with Crippen molar-refractivity contribution >= 4 is 5.91 Å². The molecule has 10 heteroatoms. The summed E-state index contributed by atoms with van der Waals surface area (Å²) in [6, 6.07) is 4.85. The summed E-state index contributed by atoms with van der Waals surface area (Å²) in [5, 5.41) is 0. The highest BCUT2D eigenvalue weighted by atomic mass is 19.4. The van der Waals surface area contributed by atoms with E-state index in [-0.39, 0.29) is 23.7 Å². The quantitative estimate of drug-likeness (QED) is 0.722. The third-order valence-corrected chi connectivity index (χ3v) is 4.19. The molecule has 0 aliphatic carbocycles. The normalized spacial score (nSPS) is 16.9. The molecule has 2 aromatic rings. The van der Waals surface area contributed by atoms with Crippen LogP contribution in [0.5, 0.6) is 11.6 Å². The van der Waals surface area contributed by atoms with Crippen LogP contribution in [0.1, 0.15) is 29.4 Å². The molecule has 0 bridgehead atoms. The summed E-state index contributed by atoms with van der Waals surface area (Å²) in [5.41, 5.74) is 0.293. The lowest BCUT2D eigenvalue weighted by molar-refractivity contribution is -0.274. The first-order valence-electron chi connectivity index (χ1n) is 8.58. The molecule has 1 aromatic heterocycles. The molecular weight excluding hydrogens is 382 g/mol. The first-order valence-corrected chi connectivity index (χ1v) is 8.58. The van der Waals surface area contributed by atoms with E-state index in [9.17, 15) is 22.4 Å². The molecule has 6 nitrogen and oxygen atoms in total. The minimum Gasteiger partial charge on any atom is -0.470 e. The van der Waals surface area contributed by atoms with Gasteiger partial charge in [0.1, 0.15) is 18.2 Å². The molecule has 0 unspecified atom stereocenters. The highest BCUT2D eigenvalue weighted by Crippen LogP contribution is 2.25. The number of carbonyl (C=O) groups is 1. The van der Waals surface area contributed by atoms with E-state index < -0.39 is 29.9 Å². The van der Waals surface area contributed by atoms with Gasteiger partial charge in [-0.3, -0.25) is 4.79 Å². The Morgan fingerprint density at radius 1 is 1.32 bits per heavy atom. The summed E-state index contributed by atoms with van der Waals surface area (Å²) in [6.45, 7) is 2.23. The fraction of sp³-hybridized carbons (Fsp3) is 0.389. The zero-order valence-corrected chi connectivity index (χ0v) is 14.9. The van der Waals surface area contributed by atoms with E-state index in [2.05, 4.69) is 14.7 Å². The van der Waals surface area contributed by atoms with Crippen LogP contribution in [0.2, 0.25) is 0 Å². The molecule has 1 amide bonds. The van der Waals surface area contributed by atoms with E-state index in [1.54, 1.807) is 6.92 Å². The summed E-state index contributed by atoms with van der Waals surface area (Å²) in [5.74, 6) is -1.74. The predicted octanol–water partition coefficient (Wildman–Crippen LogP) is 3.37. The number of carbonyl (C=O) groups excluding carboxylic acids is 1. The van der Waals surface area contributed by atoms with Crippen molar-refractivity contribution in [2.45, 2.75) is 32.2 Å². The number of benzene rings is 1. The van der Waals surface area contributed by atoms with E-state index >= 15 is 0 Å². The molecule has 1 aliphatic heterocycles. The average molecular weight is 399 g/mol. The molecule has 1 saturated heterocycles. The van der Waals surface area contributed by atoms with Crippen molar-refractivity contribution < 1.29 is 31.8 Å². The highest BCUT2D eigenvalue weighted by molar-refractivity contribution is 5.94. The van der Waals surface area contributed by atoms with Gasteiger partial charge < -0.3 is 14.4 Å². The zero-order valence-electron chi connectivity index (χ0n) is 14.9. The molecule has 0 N–H and O–H groups in total. The molecule has 1 aliphatic rings. The number of aromatic nitrogens is 2. The Morgan fingerprint density at radius 2 is 2.11 bits per heavy atom. The number of halogens is 4. The molecule has 1 fully saturated rings. The molecule has 0 saturated carbocycles. The second kappa shape index (κ2) is 7.99. The number of amides is 1. The zero-order chi connectivity index (χ0) is 20.3. The largest absolute Gasteiger partial charge is 0.573 e. The van der Waals surface area contributed by atoms with Crippen LogP contribution in [0.25, 0.3) is 0 Å². The van der Waals surface area contributed by atoms with Crippen molar-refractivity contribution in [3.05, 3.63) is 47.7 Å². The van der Waals surface area contributed by atoms with Crippen LogP contribution < -0.4 is 9.47 Å². The molecule has 28 heavy (non-hydrogen) atoms. The van der Waals surface area contributed by atoms with Crippen molar-refractivity contribution in [1.29, 1.82) is 0 Å². The summed E-state index contributed by atoms with van der Waals surface area (Å²) >= 11 is 0. The van der Waals surface area contributed by atoms with E-state index in [1.807, 2.05) is 0 Å². The minimum absolute atomic E-state index is 0.0592. The van der Waals surface area contributed by atoms with E-state index in [1.165, 1.54) is 23.4 Å². The molecule has 1 atom stereocenters. The lowest BCUT2D eigenvalue weighted by atomic mass is 10.2. The Labute approximate surface area is 158 Å². The smallest absolute Gasteiger partial charge is 0.470 e. The second-order valence-corrected chi connectivity index (χ2v) is 6.15. The molecule has 3 rings (SSSR count). The van der Waals surface area contributed by atoms with Gasteiger partial charge in [-0.25, -0.2) is 4.98 Å². The number of hydrogen-bond acceptors (Lipinski definition) is 5. The van der Waals surface area contributed by atoms with E-state index in [0.29, 0.717) is 19.4 Å². The minimum atomic E-state index is -4.84. The van der Waals surface area contributed by atoms with Crippen molar-refractivity contribution in [2.24, 2.45) is 0 Å². The van der Waals surface area contributed by atoms with Crippen molar-refractivity contribution in [2.75, 3.05) is 13.1 Å². The first-order chi connectivity index (χ1) is 13.3. The average Bonchev–Trinajstić information content (AvgIpc) is 3.10. The highest BCUT2D eigenvalue weighted by Gasteiger charge is 2.32. The van der Waals surface area contributed by atoms with E-state index in [0.717, 1.165) is 12.1 Å². The van der Waals surface area contributed by atoms with Crippen LogP contribution in [0.3, 0.4) is 0 Å². The van der Waals surface area contributed by atoms with Crippen molar-refractivity contribution in [3.8, 4) is 11.6 Å². The van der Waals surface area contributed by atoms with Gasteiger partial charge in [0.05, 0.1) is 12.2 Å². The van der Waals surface area contributed by atoms with Crippen LogP contribution in [-0.4, -0.2) is 46.3 Å². The molecular formula is C18H17F4N3O3. The Bertz CT molecular complexity index is 860. The van der Waals surface area contributed by atoms with E-state index in [4.69, 9.17) is 4.74 Å². The fourth-order valence-corrected chi connectivity index (χ4v) is 2.89. The van der Waals surface area contributed by atoms with Gasteiger partial charge in [-0.05, 0) is 24.6 Å². The SMILES string of the molecule is CCc1ncnc(O[C@H]2CCN(C(=O)c3cccc(OC(F)(F)F)c3)C2)c1F. The number of likely N-dealkylation sites (tertiary alicyclic amines) is 1. The molecule has 2 heterocycles. The van der Waals surface area contributed by atoms with Gasteiger partial charge in [-0.15, -0.1) is 13.2 Å². The molecule has 150 valence electrons. The number of rotatable bonds is 5. The van der Waals surface area contributed by atoms with Crippen LogP contribution in [0.4, 0.5) is 17.6 Å². The second-order valence-electron chi connectivity index (χ2n) is 6.15. The molecule has 0 spiro atoms. The topological polar surface area (TPSA) is 64.6 Å². The summed E-state index contributed by atoms with van der Waals surface area (Å²) in [7, 11) is 0. The maximum atomic E-state index is 14.2. The van der Waals surface area contributed by atoms with Crippen LogP contribution in [0, 0.1) is 5.82 Å². The van der Waals surface area contributed by atoms with Gasteiger partial charge in [0.2, 0.25) is 5.82 Å². The van der Waals surface area contributed by atoms with Gasteiger partial charge in [0.15, 0.2) is 0 Å². The van der Waals surface area contributed by atoms with Gasteiger partial charge >= 0.3 is 6.36 Å². The number of ether oxygens (including phenoxy) is 2. The van der Waals surface area contributed by atoms with Crippen LogP contribution >= 0.6 is 0 Å². The van der Waals surface area contributed by atoms with Gasteiger partial charge in [-0.1, -0.05) is 13.0 Å². The number of nitrogens with zero attached hydrogens (tertiary/aromatic N) is 3. The van der Waals surface area contributed by atoms with Crippen LogP contribution in [-0.2, 0) is 6.42 Å². The summed E-state index contributed by atoms with van der Waals surface area (Å²) in [6.07, 6.45) is -3.28. The Hall–Kier alpha value is -2.91. The standard InChI is InChI=1S/C18H17F4N3O3/c1-2-14-15(19)16(24-10-23-14)27-13-6-7-25(9-13)17(26)11-4-3-5-12(8-11)28-18(20,21)22/h3-5,8,10,13H,2,6-7,9H2,1H3/t13-/m0/s1. The first kappa shape index (κ1) is 19.8. The summed E-state index contributed by atoms with van der Waals surface area (Å²) in [4.78, 5) is 21.6. The molecule has 1 aromatic carbocycles. The third-order valence-electron chi connectivity index (χ3n) is 4.19. The van der Waals surface area contributed by atoms with Gasteiger partial charge in [-0.2, -0.15) is 9.37 Å². The van der Waals surface area contributed by atoms with Crippen LogP contribution in [0.15, 0.2) is 30.6 Å². The van der Waals surface area contributed by atoms with Crippen molar-refractivity contribution in [1.82, 2.24) is 14.9 Å².